The Balaban J connectivity index is 1.04. The van der Waals surface area contributed by atoms with Crippen LogP contribution in [0.25, 0.3) is 44.2 Å². The zero-order chi connectivity index (χ0) is 42.4. The lowest BCUT2D eigenvalue weighted by Gasteiger charge is -2.32. The third kappa shape index (κ3) is 7.37. The lowest BCUT2D eigenvalue weighted by Crippen LogP contribution is -2.52. The van der Waals surface area contributed by atoms with Gasteiger partial charge in [-0.3, -0.25) is 9.59 Å². The van der Waals surface area contributed by atoms with Gasteiger partial charge in [0.15, 0.2) is 0 Å². The molecule has 8 rings (SSSR count). The average Bonchev–Trinajstić information content (AvgIpc) is 4.07. The number of benzene rings is 3. The predicted molar refractivity (Wildman–Crippen MR) is 223 cm³/mol. The molecule has 4 amide bonds. The molecule has 6 atom stereocenters. The Labute approximate surface area is 347 Å². The van der Waals surface area contributed by atoms with Crippen LogP contribution in [0.15, 0.2) is 48.7 Å². The molecule has 60 heavy (non-hydrogen) atoms. The molecule has 0 bridgehead atoms. The van der Waals surface area contributed by atoms with Crippen molar-refractivity contribution in [2.24, 2.45) is 5.92 Å². The van der Waals surface area contributed by atoms with Crippen molar-refractivity contribution in [3.05, 3.63) is 65.9 Å². The Kier molecular flexibility index (Phi) is 11.2. The number of methoxy groups -OCH3 is 3. The van der Waals surface area contributed by atoms with E-state index in [0.29, 0.717) is 24.7 Å². The van der Waals surface area contributed by atoms with Crippen molar-refractivity contribution in [2.75, 3.05) is 27.9 Å². The zero-order valence-corrected chi connectivity index (χ0v) is 35.0. The van der Waals surface area contributed by atoms with E-state index in [1.165, 1.54) is 21.3 Å². The summed E-state index contributed by atoms with van der Waals surface area (Å²) < 4.78 is 21.2. The smallest absolute Gasteiger partial charge is 0.407 e. The molecule has 4 N–H and O–H groups in total. The van der Waals surface area contributed by atoms with Crippen molar-refractivity contribution in [3.8, 4) is 28.1 Å². The van der Waals surface area contributed by atoms with E-state index in [1.54, 1.807) is 4.90 Å². The molecule has 5 heterocycles. The van der Waals surface area contributed by atoms with Crippen LogP contribution in [-0.4, -0.2) is 106 Å². The van der Waals surface area contributed by atoms with E-state index in [2.05, 4.69) is 50.9 Å². The van der Waals surface area contributed by atoms with Gasteiger partial charge in [-0.1, -0.05) is 32.0 Å². The number of aromatic nitrogens is 4. The summed E-state index contributed by atoms with van der Waals surface area (Å²) in [7, 11) is 4.03. The molecule has 0 radical (unpaired) electrons. The first kappa shape index (κ1) is 40.6. The highest BCUT2D eigenvalue weighted by Gasteiger charge is 2.42. The number of amides is 4. The van der Waals surface area contributed by atoms with Gasteiger partial charge in [-0.2, -0.15) is 0 Å². The molecule has 3 aromatic carbocycles. The number of H-pyrrole nitrogens is 2. The van der Waals surface area contributed by atoms with E-state index in [-0.39, 0.29) is 48.5 Å². The SMILES string of the molecule is COCC(NC(=O)OC)C(=O)N1C(C)CCC1c1nc2c(ccc3cc4c(cc32)OCc2cc(-c3cnc(C5CCC(C)N5C(=O)C(NC(=O)OC)C(C)C)[nH]3)ccc2-4)[nH]1. The van der Waals surface area contributed by atoms with Crippen molar-refractivity contribution >= 4 is 45.8 Å². The van der Waals surface area contributed by atoms with E-state index in [0.717, 1.165) is 74.8 Å². The topological polar surface area (TPSA) is 193 Å². The van der Waals surface area contributed by atoms with Crippen LogP contribution < -0.4 is 15.4 Å². The molecule has 2 saturated heterocycles. The first-order valence-electron chi connectivity index (χ1n) is 20.5. The minimum atomic E-state index is -0.902. The van der Waals surface area contributed by atoms with Gasteiger partial charge in [0.25, 0.3) is 0 Å². The van der Waals surface area contributed by atoms with Gasteiger partial charge in [0.05, 0.1) is 55.8 Å². The lowest BCUT2D eigenvalue weighted by molar-refractivity contribution is -0.138. The first-order chi connectivity index (χ1) is 28.9. The largest absolute Gasteiger partial charge is 0.488 e. The first-order valence-corrected chi connectivity index (χ1v) is 20.5. The number of rotatable bonds is 10. The highest BCUT2D eigenvalue weighted by Crippen LogP contribution is 2.44. The van der Waals surface area contributed by atoms with Crippen molar-refractivity contribution < 1.29 is 38.1 Å². The van der Waals surface area contributed by atoms with Gasteiger partial charge in [-0.25, -0.2) is 19.6 Å². The maximum absolute atomic E-state index is 13.9. The maximum atomic E-state index is 13.9. The molecular weight excluding hydrogens is 769 g/mol. The van der Waals surface area contributed by atoms with Gasteiger partial charge in [-0.15, -0.1) is 0 Å². The molecule has 316 valence electrons. The fourth-order valence-electron chi connectivity index (χ4n) is 9.11. The number of imidazole rings is 2. The molecular formula is C44H52N8O8. The lowest BCUT2D eigenvalue weighted by atomic mass is 9.92. The van der Waals surface area contributed by atoms with Gasteiger partial charge >= 0.3 is 12.2 Å². The van der Waals surface area contributed by atoms with E-state index < -0.39 is 24.3 Å². The maximum Gasteiger partial charge on any atom is 0.407 e. The summed E-state index contributed by atoms with van der Waals surface area (Å²) in [5.41, 5.74) is 6.51. The number of carbonyl (C=O) groups excluding carboxylic acids is 4. The van der Waals surface area contributed by atoms with Gasteiger partial charge in [-0.05, 0) is 91.8 Å². The summed E-state index contributed by atoms with van der Waals surface area (Å²) >= 11 is 0. The van der Waals surface area contributed by atoms with Crippen molar-refractivity contribution in [3.63, 3.8) is 0 Å². The number of hydrogen-bond donors (Lipinski definition) is 4. The van der Waals surface area contributed by atoms with Crippen LogP contribution in [0.3, 0.4) is 0 Å². The highest BCUT2D eigenvalue weighted by atomic mass is 16.5. The van der Waals surface area contributed by atoms with Gasteiger partial charge < -0.3 is 49.3 Å². The Morgan fingerprint density at radius 3 is 2.23 bits per heavy atom. The number of hydrogen-bond acceptors (Lipinski definition) is 10. The Morgan fingerprint density at radius 1 is 0.833 bits per heavy atom. The molecule has 0 spiro atoms. The molecule has 2 aromatic heterocycles. The van der Waals surface area contributed by atoms with Crippen LogP contribution in [0.2, 0.25) is 0 Å². The summed E-state index contributed by atoms with van der Waals surface area (Å²) in [4.78, 5) is 72.3. The molecule has 16 nitrogen and oxygen atoms in total. The van der Waals surface area contributed by atoms with Crippen LogP contribution in [-0.2, 0) is 30.4 Å². The van der Waals surface area contributed by atoms with Crippen LogP contribution >= 0.6 is 0 Å². The summed E-state index contributed by atoms with van der Waals surface area (Å²) in [6.45, 7) is 8.21. The fraction of sp³-hybridized carbons (Fsp3) is 0.455. The number of nitrogens with zero attached hydrogens (tertiary/aromatic N) is 4. The van der Waals surface area contributed by atoms with E-state index in [1.807, 2.05) is 50.9 Å². The van der Waals surface area contributed by atoms with Crippen molar-refractivity contribution in [1.29, 1.82) is 0 Å². The monoisotopic (exact) mass is 820 g/mol. The van der Waals surface area contributed by atoms with Crippen LogP contribution in [0.5, 0.6) is 5.75 Å². The normalized spacial score (nSPS) is 20.7. The summed E-state index contributed by atoms with van der Waals surface area (Å²) in [6.07, 6.45) is 3.54. The third-order valence-corrected chi connectivity index (χ3v) is 12.2. The number of carbonyl (C=O) groups is 4. The molecule has 2 fully saturated rings. The van der Waals surface area contributed by atoms with E-state index in [4.69, 9.17) is 28.9 Å². The van der Waals surface area contributed by atoms with E-state index in [9.17, 15) is 19.2 Å². The average molecular weight is 821 g/mol. The molecule has 0 saturated carbocycles. The second kappa shape index (κ2) is 16.5. The van der Waals surface area contributed by atoms with Crippen molar-refractivity contribution in [2.45, 2.75) is 96.2 Å². The Bertz CT molecular complexity index is 2460. The fourth-order valence-corrected chi connectivity index (χ4v) is 9.11. The van der Waals surface area contributed by atoms with Crippen LogP contribution in [0, 0.1) is 5.92 Å². The van der Waals surface area contributed by atoms with Gasteiger partial charge in [0.2, 0.25) is 11.8 Å². The third-order valence-electron chi connectivity index (χ3n) is 12.2. The summed E-state index contributed by atoms with van der Waals surface area (Å²) in [5, 5.41) is 7.27. The Hall–Kier alpha value is -6.16. The number of likely N-dealkylation sites (tertiary alicyclic amines) is 2. The van der Waals surface area contributed by atoms with Crippen LogP contribution in [0.1, 0.15) is 82.7 Å². The second-order valence-electron chi connectivity index (χ2n) is 16.4. The highest BCUT2D eigenvalue weighted by molar-refractivity contribution is 6.07. The number of fused-ring (bicyclic) bond motifs is 6. The second-order valence-corrected chi connectivity index (χ2v) is 16.4. The van der Waals surface area contributed by atoms with Gasteiger partial charge in [0, 0.05) is 30.1 Å². The van der Waals surface area contributed by atoms with Crippen LogP contribution in [0.4, 0.5) is 9.59 Å². The molecule has 3 aliphatic heterocycles. The zero-order valence-electron chi connectivity index (χ0n) is 35.0. The molecule has 0 aliphatic carbocycles. The van der Waals surface area contributed by atoms with E-state index >= 15 is 0 Å². The molecule has 6 unspecified atom stereocenters. The Morgan fingerprint density at radius 2 is 1.53 bits per heavy atom. The number of ether oxygens (including phenoxy) is 4. The minimum absolute atomic E-state index is 0.00916. The van der Waals surface area contributed by atoms with Crippen molar-refractivity contribution in [1.82, 2.24) is 40.4 Å². The minimum Gasteiger partial charge on any atom is -0.488 e. The number of nitrogens with one attached hydrogen (secondary N) is 4. The summed E-state index contributed by atoms with van der Waals surface area (Å²) in [5.74, 6) is 1.60. The number of alkyl carbamates (subject to hydrolysis) is 2. The predicted octanol–water partition coefficient (Wildman–Crippen LogP) is 6.52. The standard InChI is InChI=1S/C44H52N8O8/c1-22(2)37(50-44(56)59-7)42(54)52-24(4)8-14-34(52)39-45-19-32(47-39)26-10-12-28-27(16-26)20-60-36-18-29-25(17-30(28)36)11-13-31-38(29)49-40(46-31)35-15-9-23(3)51(35)41(53)33(21-57-5)48-43(55)58-6/h10-13,16-19,22-24,33-35,37H,8-9,14-15,20-21H2,1-7H3,(H,45,47)(H,46,49)(H,48,55)(H,50,56). The quantitative estimate of drug-likeness (QED) is 0.121. The number of aromatic amines is 2. The molecule has 16 heteroatoms. The summed E-state index contributed by atoms with van der Waals surface area (Å²) in [6, 6.07) is 12.3. The molecule has 5 aromatic rings. The van der Waals surface area contributed by atoms with Gasteiger partial charge in [0.1, 0.15) is 36.1 Å². The molecule has 3 aliphatic rings.